The minimum absolute atomic E-state index is 0.308. The predicted octanol–water partition coefficient (Wildman–Crippen LogP) is 1.72. The van der Waals surface area contributed by atoms with Crippen molar-refractivity contribution in [2.45, 2.75) is 33.2 Å². The molecule has 1 heterocycles. The van der Waals surface area contributed by atoms with Crippen molar-refractivity contribution in [2.75, 3.05) is 11.9 Å². The molecule has 4 nitrogen and oxygen atoms in total. The summed E-state index contributed by atoms with van der Waals surface area (Å²) >= 11 is 0. The first kappa shape index (κ1) is 12.5. The molecule has 0 aliphatic rings. The van der Waals surface area contributed by atoms with Crippen LogP contribution in [-0.2, 0) is 0 Å². The number of hydrogen-bond acceptors (Lipinski definition) is 4. The van der Waals surface area contributed by atoms with Crippen molar-refractivity contribution in [3.8, 4) is 6.07 Å². The molecule has 0 saturated carbocycles. The molecule has 0 unspecified atom stereocenters. The second-order valence-electron chi connectivity index (χ2n) is 4.73. The van der Waals surface area contributed by atoms with Gasteiger partial charge in [0.1, 0.15) is 6.07 Å². The smallest absolute Gasteiger partial charge is 0.103 e. The molecule has 0 saturated heterocycles. The molecule has 4 heteroatoms. The lowest BCUT2D eigenvalue weighted by molar-refractivity contribution is 0.549. The molecule has 1 aromatic heterocycles. The van der Waals surface area contributed by atoms with E-state index in [4.69, 9.17) is 11.0 Å². The van der Waals surface area contributed by atoms with Gasteiger partial charge in [-0.1, -0.05) is 0 Å². The van der Waals surface area contributed by atoms with E-state index in [9.17, 15) is 0 Å². The average Bonchev–Trinajstić information content (AvgIpc) is 2.12. The second kappa shape index (κ2) is 4.50. The highest BCUT2D eigenvalue weighted by molar-refractivity contribution is 5.59. The molecule has 1 rings (SSSR count). The largest absolute Gasteiger partial charge is 0.382 e. The maximum atomic E-state index is 9.06. The third kappa shape index (κ3) is 3.21. The third-order valence-electron chi connectivity index (χ3n) is 2.17. The number of aryl methyl sites for hydroxylation is 2. The average molecular weight is 218 g/mol. The Morgan fingerprint density at radius 1 is 1.50 bits per heavy atom. The van der Waals surface area contributed by atoms with Crippen LogP contribution >= 0.6 is 0 Å². The van der Waals surface area contributed by atoms with E-state index >= 15 is 0 Å². The van der Waals surface area contributed by atoms with Crippen LogP contribution in [0, 0.1) is 25.2 Å². The Labute approximate surface area is 96.5 Å². The van der Waals surface area contributed by atoms with Crippen molar-refractivity contribution in [1.82, 2.24) is 4.98 Å². The number of pyridine rings is 1. The summed E-state index contributed by atoms with van der Waals surface area (Å²) in [4.78, 5) is 4.26. The quantitative estimate of drug-likeness (QED) is 0.810. The molecule has 0 spiro atoms. The molecule has 0 fully saturated rings. The Hall–Kier alpha value is -1.60. The maximum absolute atomic E-state index is 9.06. The van der Waals surface area contributed by atoms with Crippen LogP contribution in [0.15, 0.2) is 6.07 Å². The van der Waals surface area contributed by atoms with Gasteiger partial charge in [-0.3, -0.25) is 4.98 Å². The first-order chi connectivity index (χ1) is 7.33. The standard InChI is InChI=1S/C12H18N4/c1-8-5-11(15-7-12(3,4)14)10(6-13)9(2)16-8/h5H,7,14H2,1-4H3,(H,15,16). The van der Waals surface area contributed by atoms with Gasteiger partial charge in [-0.05, 0) is 33.8 Å². The molecule has 0 amide bonds. The van der Waals surface area contributed by atoms with Crippen molar-refractivity contribution in [1.29, 1.82) is 5.26 Å². The summed E-state index contributed by atoms with van der Waals surface area (Å²) in [5.41, 5.74) is 8.63. The topological polar surface area (TPSA) is 74.7 Å². The summed E-state index contributed by atoms with van der Waals surface area (Å²) in [5.74, 6) is 0. The molecule has 0 radical (unpaired) electrons. The molecular formula is C12H18N4. The van der Waals surface area contributed by atoms with Crippen LogP contribution in [0.4, 0.5) is 5.69 Å². The van der Waals surface area contributed by atoms with Gasteiger partial charge in [0.15, 0.2) is 0 Å². The fraction of sp³-hybridized carbons (Fsp3) is 0.500. The van der Waals surface area contributed by atoms with E-state index in [2.05, 4.69) is 16.4 Å². The minimum Gasteiger partial charge on any atom is -0.382 e. The predicted molar refractivity (Wildman–Crippen MR) is 65.2 cm³/mol. The zero-order chi connectivity index (χ0) is 12.3. The Morgan fingerprint density at radius 2 is 2.12 bits per heavy atom. The highest BCUT2D eigenvalue weighted by Gasteiger charge is 2.13. The summed E-state index contributed by atoms with van der Waals surface area (Å²) in [7, 11) is 0. The molecule has 16 heavy (non-hydrogen) atoms. The van der Waals surface area contributed by atoms with E-state index in [0.29, 0.717) is 12.1 Å². The van der Waals surface area contributed by atoms with Crippen molar-refractivity contribution in [2.24, 2.45) is 5.73 Å². The molecule has 0 bridgehead atoms. The molecule has 86 valence electrons. The fourth-order valence-electron chi connectivity index (χ4n) is 1.43. The molecule has 0 atom stereocenters. The van der Waals surface area contributed by atoms with E-state index in [1.807, 2.05) is 33.8 Å². The second-order valence-corrected chi connectivity index (χ2v) is 4.73. The van der Waals surface area contributed by atoms with E-state index < -0.39 is 0 Å². The summed E-state index contributed by atoms with van der Waals surface area (Å²) in [6.45, 7) is 8.24. The molecule has 0 aromatic carbocycles. The molecule has 3 N–H and O–H groups in total. The Morgan fingerprint density at radius 3 is 2.62 bits per heavy atom. The van der Waals surface area contributed by atoms with Gasteiger partial charge in [-0.15, -0.1) is 0 Å². The number of rotatable bonds is 3. The SMILES string of the molecule is Cc1cc(NCC(C)(C)N)c(C#N)c(C)n1. The lowest BCUT2D eigenvalue weighted by Gasteiger charge is -2.20. The van der Waals surface area contributed by atoms with Gasteiger partial charge in [0.25, 0.3) is 0 Å². The Bertz CT molecular complexity index is 424. The van der Waals surface area contributed by atoms with Crippen LogP contribution in [0.1, 0.15) is 30.8 Å². The Balaban J connectivity index is 3.00. The number of nitrogens with zero attached hydrogens (tertiary/aromatic N) is 2. The van der Waals surface area contributed by atoms with Gasteiger partial charge in [0, 0.05) is 17.8 Å². The number of hydrogen-bond donors (Lipinski definition) is 2. The van der Waals surface area contributed by atoms with Gasteiger partial charge in [0.2, 0.25) is 0 Å². The summed E-state index contributed by atoms with van der Waals surface area (Å²) in [5, 5.41) is 12.3. The molecular weight excluding hydrogens is 200 g/mol. The molecule has 0 aliphatic carbocycles. The first-order valence-electron chi connectivity index (χ1n) is 5.24. The van der Waals surface area contributed by atoms with E-state index in [0.717, 1.165) is 17.1 Å². The van der Waals surface area contributed by atoms with Gasteiger partial charge >= 0.3 is 0 Å². The van der Waals surface area contributed by atoms with Crippen LogP contribution in [-0.4, -0.2) is 17.1 Å². The Kier molecular flexibility index (Phi) is 3.51. The van der Waals surface area contributed by atoms with E-state index in [1.54, 1.807) is 0 Å². The van der Waals surface area contributed by atoms with Gasteiger partial charge in [-0.2, -0.15) is 5.26 Å². The highest BCUT2D eigenvalue weighted by atomic mass is 14.9. The normalized spacial score (nSPS) is 11.0. The van der Waals surface area contributed by atoms with Gasteiger partial charge in [0.05, 0.1) is 16.9 Å². The number of nitrogens with two attached hydrogens (primary N) is 1. The van der Waals surface area contributed by atoms with Crippen LogP contribution in [0.2, 0.25) is 0 Å². The number of nitriles is 1. The van der Waals surface area contributed by atoms with E-state index in [-0.39, 0.29) is 5.54 Å². The number of nitrogens with one attached hydrogen (secondary N) is 1. The van der Waals surface area contributed by atoms with Crippen molar-refractivity contribution < 1.29 is 0 Å². The van der Waals surface area contributed by atoms with Crippen LogP contribution < -0.4 is 11.1 Å². The summed E-state index contributed by atoms with van der Waals surface area (Å²) in [6.07, 6.45) is 0. The van der Waals surface area contributed by atoms with Crippen LogP contribution in [0.5, 0.6) is 0 Å². The third-order valence-corrected chi connectivity index (χ3v) is 2.17. The lowest BCUT2D eigenvalue weighted by Crippen LogP contribution is -2.39. The van der Waals surface area contributed by atoms with Gasteiger partial charge in [-0.25, -0.2) is 0 Å². The lowest BCUT2D eigenvalue weighted by atomic mass is 10.1. The molecule has 0 aliphatic heterocycles. The minimum atomic E-state index is -0.308. The van der Waals surface area contributed by atoms with Gasteiger partial charge < -0.3 is 11.1 Å². The zero-order valence-corrected chi connectivity index (χ0v) is 10.3. The summed E-state index contributed by atoms with van der Waals surface area (Å²) < 4.78 is 0. The van der Waals surface area contributed by atoms with Crippen LogP contribution in [0.25, 0.3) is 0 Å². The summed E-state index contributed by atoms with van der Waals surface area (Å²) in [6, 6.07) is 4.03. The van der Waals surface area contributed by atoms with E-state index in [1.165, 1.54) is 0 Å². The molecule has 1 aromatic rings. The fourth-order valence-corrected chi connectivity index (χ4v) is 1.43. The highest BCUT2D eigenvalue weighted by Crippen LogP contribution is 2.19. The van der Waals surface area contributed by atoms with Crippen LogP contribution in [0.3, 0.4) is 0 Å². The first-order valence-corrected chi connectivity index (χ1v) is 5.24. The maximum Gasteiger partial charge on any atom is 0.103 e. The van der Waals surface area contributed by atoms with Crippen molar-refractivity contribution in [3.05, 3.63) is 23.0 Å². The zero-order valence-electron chi connectivity index (χ0n) is 10.3. The van der Waals surface area contributed by atoms with Crippen molar-refractivity contribution in [3.63, 3.8) is 0 Å². The van der Waals surface area contributed by atoms with Crippen molar-refractivity contribution >= 4 is 5.69 Å². The number of anilines is 1. The monoisotopic (exact) mass is 218 g/mol. The number of aromatic nitrogens is 1.